The van der Waals surface area contributed by atoms with Gasteiger partial charge in [0.1, 0.15) is 11.8 Å². The lowest BCUT2D eigenvalue weighted by atomic mass is 9.44. The number of rotatable bonds is 3. The maximum atomic E-state index is 17.2. The SMILES string of the molecule is CC(=O)OCC(=O)[C@@]1(O)C(C)C[C@H]2[C@@H]3[C@H](Br)[C@@H](F)C4=CC(=O)C=C[C@]4(C)[C@@]3(F)[C@@H](O)C[C@@]21C. The van der Waals surface area contributed by atoms with Gasteiger partial charge in [-0.1, -0.05) is 35.9 Å². The lowest BCUT2D eigenvalue weighted by Gasteiger charge is -2.64. The number of carbonyl (C=O) groups is 3. The highest BCUT2D eigenvalue weighted by Gasteiger charge is 2.78. The molecule has 33 heavy (non-hydrogen) atoms. The van der Waals surface area contributed by atoms with Crippen molar-refractivity contribution in [2.24, 2.45) is 28.6 Å². The molecule has 182 valence electrons. The number of carbonyl (C=O) groups excluding carboxylic acids is 3. The van der Waals surface area contributed by atoms with E-state index in [4.69, 9.17) is 4.74 Å². The summed E-state index contributed by atoms with van der Waals surface area (Å²) in [6, 6.07) is 0. The minimum atomic E-state index is -2.35. The first-order valence-electron chi connectivity index (χ1n) is 11.2. The number of Topliss-reactive ketones (excluding diaryl/α,β-unsaturated/α-hetero) is 1. The van der Waals surface area contributed by atoms with Gasteiger partial charge in [0.2, 0.25) is 5.78 Å². The van der Waals surface area contributed by atoms with Crippen LogP contribution in [0.4, 0.5) is 8.78 Å². The predicted molar refractivity (Wildman–Crippen MR) is 118 cm³/mol. The topological polar surface area (TPSA) is 101 Å². The summed E-state index contributed by atoms with van der Waals surface area (Å²) in [5, 5.41) is 23.0. The van der Waals surface area contributed by atoms with E-state index in [0.717, 1.165) is 13.0 Å². The summed E-state index contributed by atoms with van der Waals surface area (Å²) in [5.74, 6) is -4.25. The van der Waals surface area contributed by atoms with Gasteiger partial charge < -0.3 is 14.9 Å². The third-order valence-corrected chi connectivity index (χ3v) is 10.1. The molecule has 6 nitrogen and oxygen atoms in total. The first-order chi connectivity index (χ1) is 15.2. The molecule has 0 bridgehead atoms. The monoisotopic (exact) mass is 530 g/mol. The van der Waals surface area contributed by atoms with Crippen molar-refractivity contribution in [3.05, 3.63) is 23.8 Å². The highest BCUT2D eigenvalue weighted by molar-refractivity contribution is 9.09. The van der Waals surface area contributed by atoms with Crippen molar-refractivity contribution in [1.29, 1.82) is 0 Å². The molecule has 10 atom stereocenters. The second-order valence-electron chi connectivity index (χ2n) is 10.5. The van der Waals surface area contributed by atoms with Gasteiger partial charge in [-0.05, 0) is 49.3 Å². The number of hydrogen-bond acceptors (Lipinski definition) is 6. The van der Waals surface area contributed by atoms with E-state index in [1.54, 1.807) is 13.8 Å². The Balaban J connectivity index is 1.84. The predicted octanol–water partition coefficient (Wildman–Crippen LogP) is 2.79. The average Bonchev–Trinajstić information content (AvgIpc) is 2.93. The summed E-state index contributed by atoms with van der Waals surface area (Å²) >= 11 is 3.33. The highest BCUT2D eigenvalue weighted by atomic mass is 79.9. The van der Waals surface area contributed by atoms with E-state index in [1.165, 1.54) is 19.1 Å². The second kappa shape index (κ2) is 7.52. The van der Waals surface area contributed by atoms with Crippen LogP contribution in [0.15, 0.2) is 23.8 Å². The number of aliphatic hydroxyl groups is 2. The Morgan fingerprint density at radius 3 is 2.58 bits per heavy atom. The van der Waals surface area contributed by atoms with Crippen LogP contribution >= 0.6 is 15.9 Å². The van der Waals surface area contributed by atoms with Crippen LogP contribution < -0.4 is 0 Å². The largest absolute Gasteiger partial charge is 0.458 e. The number of ether oxygens (including phenoxy) is 1. The van der Waals surface area contributed by atoms with Gasteiger partial charge in [0.05, 0.1) is 10.9 Å². The van der Waals surface area contributed by atoms with Crippen molar-refractivity contribution < 1.29 is 38.1 Å². The van der Waals surface area contributed by atoms with Gasteiger partial charge in [0.25, 0.3) is 0 Å². The van der Waals surface area contributed by atoms with Crippen molar-refractivity contribution >= 4 is 33.5 Å². The van der Waals surface area contributed by atoms with Gasteiger partial charge in [-0.3, -0.25) is 14.4 Å². The number of aliphatic hydroxyl groups excluding tert-OH is 1. The Morgan fingerprint density at radius 2 is 1.97 bits per heavy atom. The van der Waals surface area contributed by atoms with Crippen LogP contribution in [0.2, 0.25) is 0 Å². The molecule has 3 fully saturated rings. The zero-order valence-corrected chi connectivity index (χ0v) is 20.6. The number of alkyl halides is 3. The molecule has 0 radical (unpaired) electrons. The molecule has 0 aromatic rings. The summed E-state index contributed by atoms with van der Waals surface area (Å²) in [6.07, 6.45) is 0.250. The van der Waals surface area contributed by atoms with Gasteiger partial charge in [0.15, 0.2) is 18.1 Å². The molecular formula is C24H29BrF2O6. The minimum absolute atomic E-state index is 0.0227. The van der Waals surface area contributed by atoms with Crippen molar-refractivity contribution in [2.75, 3.05) is 6.61 Å². The maximum Gasteiger partial charge on any atom is 0.303 e. The summed E-state index contributed by atoms with van der Waals surface area (Å²) in [7, 11) is 0. The van der Waals surface area contributed by atoms with Crippen LogP contribution in [-0.2, 0) is 19.1 Å². The van der Waals surface area contributed by atoms with E-state index in [-0.39, 0.29) is 18.4 Å². The molecule has 0 aromatic carbocycles. The van der Waals surface area contributed by atoms with Gasteiger partial charge in [0, 0.05) is 23.7 Å². The Morgan fingerprint density at radius 1 is 1.33 bits per heavy atom. The fourth-order valence-electron chi connectivity index (χ4n) is 7.35. The molecule has 0 aliphatic heterocycles. The normalized spacial score (nSPS) is 50.7. The van der Waals surface area contributed by atoms with Crippen LogP contribution in [0.3, 0.4) is 0 Å². The molecule has 0 spiro atoms. The van der Waals surface area contributed by atoms with Crippen molar-refractivity contribution in [3.63, 3.8) is 0 Å². The molecule has 4 aliphatic rings. The zero-order chi connectivity index (χ0) is 24.7. The van der Waals surface area contributed by atoms with Crippen LogP contribution in [0.5, 0.6) is 0 Å². The zero-order valence-electron chi connectivity index (χ0n) is 19.0. The quantitative estimate of drug-likeness (QED) is 0.429. The molecule has 0 saturated heterocycles. The fraction of sp³-hybridized carbons (Fsp3) is 0.708. The average molecular weight is 531 g/mol. The van der Waals surface area contributed by atoms with E-state index < -0.39 is 81.1 Å². The van der Waals surface area contributed by atoms with Crippen molar-refractivity contribution in [2.45, 2.75) is 68.9 Å². The number of hydrogen-bond donors (Lipinski definition) is 2. The number of ketones is 2. The first-order valence-corrected chi connectivity index (χ1v) is 12.1. The van der Waals surface area contributed by atoms with Crippen LogP contribution in [-0.4, -0.2) is 62.7 Å². The molecule has 0 aromatic heterocycles. The molecule has 4 rings (SSSR count). The lowest BCUT2D eigenvalue weighted by Crippen LogP contribution is -2.73. The van der Waals surface area contributed by atoms with Gasteiger partial charge >= 0.3 is 5.97 Å². The van der Waals surface area contributed by atoms with Crippen LogP contribution in [0.1, 0.15) is 40.5 Å². The standard InChI is InChI=1S/C24H29BrF2O6/c1-11-7-14-18-19(25)20(26)15-8-13(29)5-6-21(15,3)23(18,27)16(30)9-22(14,4)24(11,32)17(31)10-33-12(2)28/h5-6,8,11,14,16,18-20,30,32H,7,9-10H2,1-4H3/t11?,14-,16-,18+,19-,20-,21-,22-,23+,24-/m0/s1. The Bertz CT molecular complexity index is 982. The number of halogens is 3. The van der Waals surface area contributed by atoms with Crippen LogP contribution in [0, 0.1) is 28.6 Å². The van der Waals surface area contributed by atoms with E-state index in [1.807, 2.05) is 0 Å². The first kappa shape index (κ1) is 24.7. The van der Waals surface area contributed by atoms with Crippen molar-refractivity contribution in [3.8, 4) is 0 Å². The third kappa shape index (κ3) is 2.91. The van der Waals surface area contributed by atoms with Gasteiger partial charge in [-0.25, -0.2) is 8.78 Å². The molecule has 0 heterocycles. The van der Waals surface area contributed by atoms with E-state index in [0.29, 0.717) is 0 Å². The van der Waals surface area contributed by atoms with Crippen molar-refractivity contribution in [1.82, 2.24) is 0 Å². The molecule has 1 unspecified atom stereocenters. The fourth-order valence-corrected chi connectivity index (χ4v) is 8.39. The second-order valence-corrected chi connectivity index (χ2v) is 11.6. The summed E-state index contributed by atoms with van der Waals surface area (Å²) in [6.45, 7) is 5.28. The lowest BCUT2D eigenvalue weighted by molar-refractivity contribution is -0.222. The summed E-state index contributed by atoms with van der Waals surface area (Å²) < 4.78 is 37.8. The van der Waals surface area contributed by atoms with Gasteiger partial charge in [-0.2, -0.15) is 0 Å². The highest BCUT2D eigenvalue weighted by Crippen LogP contribution is 2.71. The van der Waals surface area contributed by atoms with E-state index in [2.05, 4.69) is 15.9 Å². The van der Waals surface area contributed by atoms with E-state index in [9.17, 15) is 24.6 Å². The number of fused-ring (bicyclic) bond motifs is 5. The molecule has 0 amide bonds. The Hall–Kier alpha value is -1.45. The summed E-state index contributed by atoms with van der Waals surface area (Å²) in [5.41, 5.74) is -7.22. The Labute approximate surface area is 199 Å². The number of allylic oxidation sites excluding steroid dienone is 4. The third-order valence-electron chi connectivity index (χ3n) is 9.06. The molecule has 4 aliphatic carbocycles. The van der Waals surface area contributed by atoms with Gasteiger partial charge in [-0.15, -0.1) is 0 Å². The van der Waals surface area contributed by atoms with Crippen LogP contribution in [0.25, 0.3) is 0 Å². The van der Waals surface area contributed by atoms with E-state index >= 15 is 8.78 Å². The summed E-state index contributed by atoms with van der Waals surface area (Å²) in [4.78, 5) is 35.2. The Kier molecular flexibility index (Phi) is 5.62. The maximum absolute atomic E-state index is 17.2. The number of esters is 1. The molecular weight excluding hydrogens is 502 g/mol. The molecule has 9 heteroatoms. The molecule has 2 N–H and O–H groups in total. The smallest absolute Gasteiger partial charge is 0.303 e. The molecule has 3 saturated carbocycles. The minimum Gasteiger partial charge on any atom is -0.458 e.